The summed E-state index contributed by atoms with van der Waals surface area (Å²) in [5, 5.41) is 3.65. The second-order valence-electron chi connectivity index (χ2n) is 8.08. The van der Waals surface area contributed by atoms with Gasteiger partial charge in [-0.05, 0) is 55.9 Å². The van der Waals surface area contributed by atoms with Crippen molar-refractivity contribution in [3.63, 3.8) is 0 Å². The topological polar surface area (TPSA) is 93.3 Å². The third-order valence-corrected chi connectivity index (χ3v) is 6.85. The van der Waals surface area contributed by atoms with E-state index in [9.17, 15) is 4.79 Å². The van der Waals surface area contributed by atoms with Crippen molar-refractivity contribution in [2.75, 3.05) is 11.1 Å². The number of aryl methyl sites for hydroxylation is 2. The molecule has 2 aromatic rings. The number of amides is 1. The van der Waals surface area contributed by atoms with Crippen molar-refractivity contribution in [1.29, 1.82) is 0 Å². The van der Waals surface area contributed by atoms with Gasteiger partial charge in [-0.15, -0.1) is 0 Å². The van der Waals surface area contributed by atoms with E-state index in [-0.39, 0.29) is 11.4 Å². The third-order valence-electron chi connectivity index (χ3n) is 5.88. The summed E-state index contributed by atoms with van der Waals surface area (Å²) in [7, 11) is 0. The molecule has 1 atom stereocenters. The SMILES string of the molecule is Cc1cc(NC(=O)c2cnc(C)cn2)cc([C@@]2(C3CCCCC3)CSC(N)=N2)c1. The van der Waals surface area contributed by atoms with Crippen LogP contribution in [0.3, 0.4) is 0 Å². The predicted octanol–water partition coefficient (Wildman–Crippen LogP) is 4.18. The Balaban J connectivity index is 1.66. The van der Waals surface area contributed by atoms with Crippen LogP contribution in [0.5, 0.6) is 0 Å². The van der Waals surface area contributed by atoms with Crippen LogP contribution in [0.25, 0.3) is 0 Å². The van der Waals surface area contributed by atoms with Gasteiger partial charge < -0.3 is 11.1 Å². The first-order valence-electron chi connectivity index (χ1n) is 10.2. The van der Waals surface area contributed by atoms with Crippen molar-refractivity contribution in [2.24, 2.45) is 16.6 Å². The highest BCUT2D eigenvalue weighted by atomic mass is 32.2. The third kappa shape index (κ3) is 4.15. The zero-order valence-corrected chi connectivity index (χ0v) is 17.8. The molecular formula is C22H27N5OS. The summed E-state index contributed by atoms with van der Waals surface area (Å²) in [5.41, 5.74) is 9.90. The number of nitrogens with zero attached hydrogens (tertiary/aromatic N) is 3. The minimum absolute atomic E-state index is 0.260. The number of nitrogens with one attached hydrogen (secondary N) is 1. The number of aromatic nitrogens is 2. The number of hydrogen-bond acceptors (Lipinski definition) is 6. The molecule has 0 saturated heterocycles. The van der Waals surface area contributed by atoms with Gasteiger partial charge in [0.1, 0.15) is 11.2 Å². The molecule has 1 aliphatic carbocycles. The average molecular weight is 410 g/mol. The molecule has 2 aliphatic rings. The molecule has 1 aromatic carbocycles. The summed E-state index contributed by atoms with van der Waals surface area (Å²) in [4.78, 5) is 25.9. The van der Waals surface area contributed by atoms with Gasteiger partial charge >= 0.3 is 0 Å². The summed E-state index contributed by atoms with van der Waals surface area (Å²) < 4.78 is 0. The van der Waals surface area contributed by atoms with Crippen molar-refractivity contribution in [3.8, 4) is 0 Å². The molecule has 152 valence electrons. The fourth-order valence-electron chi connectivity index (χ4n) is 4.43. The number of anilines is 1. The lowest BCUT2D eigenvalue weighted by Crippen LogP contribution is -2.36. The van der Waals surface area contributed by atoms with Crippen LogP contribution >= 0.6 is 11.8 Å². The van der Waals surface area contributed by atoms with E-state index >= 15 is 0 Å². The molecule has 6 nitrogen and oxygen atoms in total. The van der Waals surface area contributed by atoms with Crippen LogP contribution in [0.1, 0.15) is 59.4 Å². The predicted molar refractivity (Wildman–Crippen MR) is 118 cm³/mol. The van der Waals surface area contributed by atoms with Crippen LogP contribution in [0.15, 0.2) is 35.6 Å². The van der Waals surface area contributed by atoms with Crippen LogP contribution < -0.4 is 11.1 Å². The average Bonchev–Trinajstić information content (AvgIpc) is 3.12. The number of carbonyl (C=O) groups is 1. The Morgan fingerprint density at radius 2 is 1.93 bits per heavy atom. The Kier molecular flexibility index (Phi) is 5.58. The maximum Gasteiger partial charge on any atom is 0.275 e. The second-order valence-corrected chi connectivity index (χ2v) is 9.08. The Bertz CT molecular complexity index is 937. The quantitative estimate of drug-likeness (QED) is 0.790. The minimum Gasteiger partial charge on any atom is -0.379 e. The largest absolute Gasteiger partial charge is 0.379 e. The molecule has 0 bridgehead atoms. The van der Waals surface area contributed by atoms with Crippen LogP contribution in [-0.2, 0) is 5.54 Å². The molecule has 1 saturated carbocycles. The van der Waals surface area contributed by atoms with Gasteiger partial charge in [0.25, 0.3) is 5.91 Å². The molecular weight excluding hydrogens is 382 g/mol. The molecule has 29 heavy (non-hydrogen) atoms. The molecule has 1 aliphatic heterocycles. The molecule has 1 amide bonds. The fourth-order valence-corrected chi connectivity index (χ4v) is 5.49. The van der Waals surface area contributed by atoms with E-state index in [0.29, 0.717) is 16.8 Å². The molecule has 3 N–H and O–H groups in total. The van der Waals surface area contributed by atoms with Crippen LogP contribution in [0.4, 0.5) is 5.69 Å². The van der Waals surface area contributed by atoms with Gasteiger partial charge in [0.2, 0.25) is 0 Å². The van der Waals surface area contributed by atoms with Gasteiger partial charge in [-0.25, -0.2) is 4.98 Å². The smallest absolute Gasteiger partial charge is 0.275 e. The fraction of sp³-hybridized carbons (Fsp3) is 0.455. The van der Waals surface area contributed by atoms with E-state index in [1.165, 1.54) is 38.3 Å². The Morgan fingerprint density at radius 1 is 1.14 bits per heavy atom. The lowest BCUT2D eigenvalue weighted by atomic mass is 9.72. The number of rotatable bonds is 4. The van der Waals surface area contributed by atoms with Crippen molar-refractivity contribution in [3.05, 3.63) is 53.1 Å². The van der Waals surface area contributed by atoms with E-state index in [2.05, 4.69) is 34.3 Å². The normalized spacial score (nSPS) is 22.3. The van der Waals surface area contributed by atoms with Crippen molar-refractivity contribution in [1.82, 2.24) is 9.97 Å². The van der Waals surface area contributed by atoms with Gasteiger partial charge in [-0.1, -0.05) is 37.1 Å². The number of hydrogen-bond donors (Lipinski definition) is 2. The molecule has 4 rings (SSSR count). The number of nitrogens with two attached hydrogens (primary N) is 1. The first kappa shape index (κ1) is 19.9. The highest BCUT2D eigenvalue weighted by Crippen LogP contribution is 2.48. The number of aliphatic imine (C=N–C) groups is 1. The van der Waals surface area contributed by atoms with Gasteiger partial charge in [-0.2, -0.15) is 0 Å². The highest BCUT2D eigenvalue weighted by molar-refractivity contribution is 8.14. The van der Waals surface area contributed by atoms with Crippen molar-refractivity contribution >= 4 is 28.5 Å². The summed E-state index contributed by atoms with van der Waals surface area (Å²) in [6, 6.07) is 6.23. The highest BCUT2D eigenvalue weighted by Gasteiger charge is 2.44. The molecule has 2 heterocycles. The number of carbonyl (C=O) groups excluding carboxylic acids is 1. The van der Waals surface area contributed by atoms with Crippen LogP contribution in [0.2, 0.25) is 0 Å². The van der Waals surface area contributed by atoms with E-state index in [1.54, 1.807) is 18.0 Å². The maximum absolute atomic E-state index is 12.6. The molecule has 1 fully saturated rings. The second kappa shape index (κ2) is 8.14. The molecule has 0 spiro atoms. The van der Waals surface area contributed by atoms with E-state index < -0.39 is 0 Å². The van der Waals surface area contributed by atoms with E-state index in [4.69, 9.17) is 10.7 Å². The Labute approximate surface area is 175 Å². The summed E-state index contributed by atoms with van der Waals surface area (Å²) >= 11 is 1.64. The van der Waals surface area contributed by atoms with E-state index in [1.807, 2.05) is 13.0 Å². The molecule has 7 heteroatoms. The summed E-state index contributed by atoms with van der Waals surface area (Å²) in [6.45, 7) is 3.90. The minimum atomic E-state index is -0.301. The molecule has 0 radical (unpaired) electrons. The van der Waals surface area contributed by atoms with Gasteiger partial charge in [0.05, 0.1) is 11.9 Å². The van der Waals surface area contributed by atoms with Crippen LogP contribution in [-0.4, -0.2) is 26.8 Å². The van der Waals surface area contributed by atoms with E-state index in [0.717, 1.165) is 28.3 Å². The summed E-state index contributed by atoms with van der Waals surface area (Å²) in [6.07, 6.45) is 9.23. The van der Waals surface area contributed by atoms with Gasteiger partial charge in [0.15, 0.2) is 5.17 Å². The van der Waals surface area contributed by atoms with Crippen molar-refractivity contribution < 1.29 is 4.79 Å². The summed E-state index contributed by atoms with van der Waals surface area (Å²) in [5.74, 6) is 1.09. The lowest BCUT2D eigenvalue weighted by Gasteiger charge is -2.37. The van der Waals surface area contributed by atoms with Gasteiger partial charge in [-0.3, -0.25) is 14.8 Å². The maximum atomic E-state index is 12.6. The Morgan fingerprint density at radius 3 is 2.59 bits per heavy atom. The van der Waals surface area contributed by atoms with Gasteiger partial charge in [0, 0.05) is 17.6 Å². The first-order valence-corrected chi connectivity index (χ1v) is 11.2. The zero-order chi connectivity index (χ0) is 20.4. The van der Waals surface area contributed by atoms with Crippen LogP contribution in [0, 0.1) is 19.8 Å². The standard InChI is InChI=1S/C22H27N5OS/c1-14-8-17(22(13-29-21(23)27-22)16-6-4-3-5-7-16)10-18(9-14)26-20(28)19-12-24-15(2)11-25-19/h8-12,16H,3-7,13H2,1-2H3,(H2,23,27)(H,26,28)/t22-/m0/s1. The van der Waals surface area contributed by atoms with Crippen molar-refractivity contribution in [2.45, 2.75) is 51.5 Å². The first-order chi connectivity index (χ1) is 14.0. The Hall–Kier alpha value is -2.41. The number of thioether (sulfide) groups is 1. The number of benzene rings is 1. The molecule has 1 aromatic heterocycles. The monoisotopic (exact) mass is 409 g/mol. The lowest BCUT2D eigenvalue weighted by molar-refractivity contribution is 0.102. The number of amidine groups is 1. The zero-order valence-electron chi connectivity index (χ0n) is 16.9. The molecule has 0 unspecified atom stereocenters.